The van der Waals surface area contributed by atoms with E-state index >= 15 is 0 Å². The molecule has 0 saturated heterocycles. The van der Waals surface area contributed by atoms with Gasteiger partial charge >= 0.3 is 5.97 Å². The molecule has 6 nitrogen and oxygen atoms in total. The molecular formula is C26H23N3O3. The van der Waals surface area contributed by atoms with Crippen LogP contribution in [0.25, 0.3) is 16.9 Å². The molecule has 0 aliphatic heterocycles. The van der Waals surface area contributed by atoms with Gasteiger partial charge in [-0.05, 0) is 31.4 Å². The first-order valence-corrected chi connectivity index (χ1v) is 10.6. The van der Waals surface area contributed by atoms with Crippen molar-refractivity contribution in [3.63, 3.8) is 0 Å². The minimum absolute atomic E-state index is 0.0217. The summed E-state index contributed by atoms with van der Waals surface area (Å²) >= 11 is 0. The second kappa shape index (κ2) is 7.71. The van der Waals surface area contributed by atoms with Crippen LogP contribution in [0.1, 0.15) is 40.2 Å². The van der Waals surface area contributed by atoms with Gasteiger partial charge in [0.05, 0.1) is 36.0 Å². The maximum Gasteiger partial charge on any atom is 0.316 e. The Morgan fingerprint density at radius 3 is 2.41 bits per heavy atom. The summed E-state index contributed by atoms with van der Waals surface area (Å²) in [5, 5.41) is 4.56. The smallest absolute Gasteiger partial charge is 0.316 e. The predicted molar refractivity (Wildman–Crippen MR) is 121 cm³/mol. The summed E-state index contributed by atoms with van der Waals surface area (Å²) in [6.45, 7) is 1.93. The van der Waals surface area contributed by atoms with Crippen molar-refractivity contribution < 1.29 is 14.3 Å². The number of nitrogens with zero attached hydrogens (tertiary/aromatic N) is 3. The van der Waals surface area contributed by atoms with Crippen LogP contribution in [-0.2, 0) is 21.4 Å². The number of ether oxygens (including phenoxy) is 1. The molecule has 4 aromatic rings. The molecule has 0 atom stereocenters. The molecule has 0 amide bonds. The minimum atomic E-state index is -0.534. The fourth-order valence-electron chi connectivity index (χ4n) is 4.22. The third kappa shape index (κ3) is 3.47. The first kappa shape index (κ1) is 20.1. The molecule has 5 rings (SSSR count). The highest BCUT2D eigenvalue weighted by molar-refractivity contribution is 5.97. The summed E-state index contributed by atoms with van der Waals surface area (Å²) in [7, 11) is 1.41. The van der Waals surface area contributed by atoms with Crippen LogP contribution in [0.5, 0.6) is 0 Å². The van der Waals surface area contributed by atoms with E-state index in [-0.39, 0.29) is 18.2 Å². The topological polar surface area (TPSA) is 73.6 Å². The third-order valence-corrected chi connectivity index (χ3v) is 6.10. The second-order valence-corrected chi connectivity index (χ2v) is 8.31. The number of aryl methyl sites for hydroxylation is 1. The number of fused-ring (bicyclic) bond motifs is 1. The highest BCUT2D eigenvalue weighted by Gasteiger charge is 2.52. The lowest BCUT2D eigenvalue weighted by Crippen LogP contribution is -2.21. The van der Waals surface area contributed by atoms with Crippen LogP contribution in [0, 0.1) is 6.92 Å². The maximum atomic E-state index is 13.0. The Bertz CT molecular complexity index is 1320. The van der Waals surface area contributed by atoms with Crippen molar-refractivity contribution in [3.05, 3.63) is 89.2 Å². The predicted octanol–water partition coefficient (Wildman–Crippen LogP) is 4.33. The summed E-state index contributed by atoms with van der Waals surface area (Å²) in [6.07, 6.45) is 1.75. The average molecular weight is 425 g/mol. The number of benzene rings is 2. The van der Waals surface area contributed by atoms with Crippen LogP contribution >= 0.6 is 0 Å². The van der Waals surface area contributed by atoms with E-state index in [9.17, 15) is 9.59 Å². The summed E-state index contributed by atoms with van der Waals surface area (Å²) in [6, 6.07) is 21.1. The number of rotatable bonds is 6. The van der Waals surface area contributed by atoms with Gasteiger partial charge in [0.15, 0.2) is 11.4 Å². The van der Waals surface area contributed by atoms with Crippen LogP contribution < -0.4 is 0 Å². The number of carbonyl (C=O) groups is 2. The molecule has 1 aliphatic rings. The summed E-state index contributed by atoms with van der Waals surface area (Å²) in [5.41, 5.74) is 5.16. The lowest BCUT2D eigenvalue weighted by Gasteiger charge is -2.13. The van der Waals surface area contributed by atoms with Crippen molar-refractivity contribution in [2.24, 2.45) is 0 Å². The average Bonchev–Trinajstić information content (AvgIpc) is 3.54. The maximum absolute atomic E-state index is 13.0. The van der Waals surface area contributed by atoms with Crippen molar-refractivity contribution in [1.29, 1.82) is 0 Å². The van der Waals surface area contributed by atoms with Crippen molar-refractivity contribution >= 4 is 17.4 Å². The van der Waals surface area contributed by atoms with Gasteiger partial charge in [0.25, 0.3) is 0 Å². The molecule has 1 aliphatic carbocycles. The van der Waals surface area contributed by atoms with Gasteiger partial charge in [-0.2, -0.15) is 5.10 Å². The van der Waals surface area contributed by atoms with Gasteiger partial charge in [0.1, 0.15) is 0 Å². The highest BCUT2D eigenvalue weighted by atomic mass is 16.5. The number of carbonyl (C=O) groups excluding carboxylic acids is 2. The molecule has 32 heavy (non-hydrogen) atoms. The van der Waals surface area contributed by atoms with Crippen LogP contribution in [0.3, 0.4) is 0 Å². The number of methoxy groups -OCH3 is 1. The second-order valence-electron chi connectivity index (χ2n) is 8.31. The number of hydrogen-bond donors (Lipinski definition) is 0. The Morgan fingerprint density at radius 1 is 1.03 bits per heavy atom. The zero-order chi connectivity index (χ0) is 22.3. The van der Waals surface area contributed by atoms with Crippen LogP contribution in [0.2, 0.25) is 0 Å². The molecule has 0 bridgehead atoms. The molecule has 0 N–H and O–H groups in total. The first-order valence-electron chi connectivity index (χ1n) is 10.6. The molecule has 0 unspecified atom stereocenters. The Balaban J connectivity index is 1.43. The van der Waals surface area contributed by atoms with Crippen LogP contribution in [0.15, 0.2) is 66.7 Å². The van der Waals surface area contributed by atoms with Crippen molar-refractivity contribution in [1.82, 2.24) is 14.6 Å². The van der Waals surface area contributed by atoms with E-state index in [4.69, 9.17) is 4.74 Å². The highest BCUT2D eigenvalue weighted by Crippen LogP contribution is 2.49. The molecule has 0 radical (unpaired) electrons. The molecule has 2 aromatic heterocycles. The van der Waals surface area contributed by atoms with Gasteiger partial charge in [-0.15, -0.1) is 0 Å². The Morgan fingerprint density at radius 2 is 1.75 bits per heavy atom. The van der Waals surface area contributed by atoms with Gasteiger partial charge in [-0.3, -0.25) is 9.59 Å². The number of hydrogen-bond acceptors (Lipinski definition) is 5. The van der Waals surface area contributed by atoms with Gasteiger partial charge in [0.2, 0.25) is 0 Å². The molecule has 0 spiro atoms. The van der Waals surface area contributed by atoms with Gasteiger partial charge in [-0.1, -0.05) is 54.6 Å². The Hall–Kier alpha value is -3.80. The van der Waals surface area contributed by atoms with Crippen molar-refractivity contribution in [3.8, 4) is 11.3 Å². The molecule has 6 heteroatoms. The number of ketones is 1. The van der Waals surface area contributed by atoms with Crippen LogP contribution in [-0.4, -0.2) is 33.5 Å². The number of aromatic nitrogens is 3. The van der Waals surface area contributed by atoms with E-state index in [0.29, 0.717) is 11.3 Å². The van der Waals surface area contributed by atoms with E-state index in [1.165, 1.54) is 7.11 Å². The van der Waals surface area contributed by atoms with Crippen LogP contribution in [0.4, 0.5) is 0 Å². The first-order chi connectivity index (χ1) is 15.5. The minimum Gasteiger partial charge on any atom is -0.468 e. The summed E-state index contributed by atoms with van der Waals surface area (Å²) in [4.78, 5) is 29.8. The monoisotopic (exact) mass is 425 g/mol. The number of Topliss-reactive ketones (excluding diaryl/α,β-unsaturated/α-hetero) is 1. The Labute approximate surface area is 185 Å². The van der Waals surface area contributed by atoms with Crippen molar-refractivity contribution in [2.75, 3.05) is 7.11 Å². The lowest BCUT2D eigenvalue weighted by molar-refractivity contribution is -0.143. The lowest BCUT2D eigenvalue weighted by atomic mass is 9.94. The quantitative estimate of drug-likeness (QED) is 0.339. The van der Waals surface area contributed by atoms with E-state index in [1.54, 1.807) is 12.1 Å². The fourth-order valence-corrected chi connectivity index (χ4v) is 4.22. The SMILES string of the molecule is COC(=O)C1(c2ccc(C(=O)Cc3cc(-c4ccccc4)n4nc(C)cc4n3)cc2)CC1. The zero-order valence-electron chi connectivity index (χ0n) is 18.0. The molecule has 1 fully saturated rings. The van der Waals surface area contributed by atoms with E-state index in [0.717, 1.165) is 41.0 Å². The fraction of sp³-hybridized carbons (Fsp3) is 0.231. The van der Waals surface area contributed by atoms with Gasteiger partial charge in [-0.25, -0.2) is 9.50 Å². The molecular weight excluding hydrogens is 402 g/mol. The largest absolute Gasteiger partial charge is 0.468 e. The van der Waals surface area contributed by atoms with E-state index in [1.807, 2.05) is 66.0 Å². The molecule has 160 valence electrons. The van der Waals surface area contributed by atoms with Gasteiger partial charge in [0, 0.05) is 17.2 Å². The molecule has 2 heterocycles. The molecule has 1 saturated carbocycles. The van der Waals surface area contributed by atoms with Crippen molar-refractivity contribution in [2.45, 2.75) is 31.6 Å². The molecule has 2 aromatic carbocycles. The standard InChI is InChI=1S/C26H23N3O3/c1-17-14-24-27-21(15-22(29(24)28-17)18-6-4-3-5-7-18)16-23(30)19-8-10-20(11-9-19)26(12-13-26)25(31)32-2/h3-11,14-15H,12-13,16H2,1-2H3. The van der Waals surface area contributed by atoms with E-state index < -0.39 is 5.41 Å². The number of esters is 1. The normalized spacial score (nSPS) is 14.3. The zero-order valence-corrected chi connectivity index (χ0v) is 18.0. The third-order valence-electron chi connectivity index (χ3n) is 6.10. The van der Waals surface area contributed by atoms with E-state index in [2.05, 4.69) is 10.1 Å². The Kier molecular flexibility index (Phi) is 4.85. The van der Waals surface area contributed by atoms with Gasteiger partial charge < -0.3 is 4.74 Å². The summed E-state index contributed by atoms with van der Waals surface area (Å²) < 4.78 is 6.77. The summed E-state index contributed by atoms with van der Waals surface area (Å²) in [5.74, 6) is -0.231.